The zero-order chi connectivity index (χ0) is 13.7. The van der Waals surface area contributed by atoms with Crippen molar-refractivity contribution < 1.29 is 9.47 Å². The number of hydrogen-bond donors (Lipinski definition) is 1. The highest BCUT2D eigenvalue weighted by Gasteiger charge is 2.16. The van der Waals surface area contributed by atoms with Crippen LogP contribution in [0.2, 0.25) is 5.02 Å². The number of rotatable bonds is 6. The molecule has 0 aromatic heterocycles. The lowest BCUT2D eigenvalue weighted by Gasteiger charge is -2.18. The lowest BCUT2D eigenvalue weighted by atomic mass is 9.95. The van der Waals surface area contributed by atoms with Gasteiger partial charge < -0.3 is 15.2 Å². The first-order valence-corrected chi connectivity index (χ1v) is 6.58. The molecular formula is C14H22ClNO2. The van der Waals surface area contributed by atoms with Gasteiger partial charge in [-0.05, 0) is 30.0 Å². The fourth-order valence-electron chi connectivity index (χ4n) is 1.89. The highest BCUT2D eigenvalue weighted by molar-refractivity contribution is 6.32. The zero-order valence-corrected chi connectivity index (χ0v) is 12.3. The van der Waals surface area contributed by atoms with Gasteiger partial charge in [0, 0.05) is 6.04 Å². The van der Waals surface area contributed by atoms with E-state index in [9.17, 15) is 0 Å². The Balaban J connectivity index is 3.00. The highest BCUT2D eigenvalue weighted by Crippen LogP contribution is 2.38. The van der Waals surface area contributed by atoms with Crippen LogP contribution in [-0.2, 0) is 0 Å². The molecule has 18 heavy (non-hydrogen) atoms. The number of hydrogen-bond acceptors (Lipinski definition) is 3. The molecule has 0 fully saturated rings. The fourth-order valence-corrected chi connectivity index (χ4v) is 2.18. The molecule has 102 valence electrons. The molecule has 0 aliphatic carbocycles. The lowest BCUT2D eigenvalue weighted by molar-refractivity contribution is 0.354. The Bertz CT molecular complexity index is 396. The topological polar surface area (TPSA) is 44.5 Å². The third-order valence-corrected chi connectivity index (χ3v) is 3.52. The predicted octanol–water partition coefficient (Wildman–Crippen LogP) is 3.79. The minimum absolute atomic E-state index is 0.0303. The molecule has 4 heteroatoms. The third-order valence-electron chi connectivity index (χ3n) is 3.24. The summed E-state index contributed by atoms with van der Waals surface area (Å²) in [7, 11) is 3.17. The average Bonchev–Trinajstić information content (AvgIpc) is 2.37. The second kappa shape index (κ2) is 6.86. The van der Waals surface area contributed by atoms with Gasteiger partial charge in [-0.1, -0.05) is 31.9 Å². The van der Waals surface area contributed by atoms with Crippen LogP contribution in [-0.4, -0.2) is 14.2 Å². The summed E-state index contributed by atoms with van der Waals surface area (Å²) in [5.41, 5.74) is 7.18. The summed E-state index contributed by atoms with van der Waals surface area (Å²) < 4.78 is 10.5. The molecule has 2 atom stereocenters. The van der Waals surface area contributed by atoms with Crippen LogP contribution in [0.25, 0.3) is 0 Å². The SMILES string of the molecule is CCC(C)CC(N)c1cc(Cl)c(OC)c(OC)c1. The minimum atomic E-state index is -0.0303. The molecule has 0 bridgehead atoms. The van der Waals surface area contributed by atoms with Crippen molar-refractivity contribution in [2.45, 2.75) is 32.7 Å². The Labute approximate surface area is 114 Å². The number of ether oxygens (including phenoxy) is 2. The van der Waals surface area contributed by atoms with E-state index in [1.807, 2.05) is 12.1 Å². The summed E-state index contributed by atoms with van der Waals surface area (Å²) in [6.45, 7) is 4.36. The molecule has 0 heterocycles. The predicted molar refractivity (Wildman–Crippen MR) is 75.6 cm³/mol. The fraction of sp³-hybridized carbons (Fsp3) is 0.571. The quantitative estimate of drug-likeness (QED) is 0.856. The molecule has 0 amide bonds. The largest absolute Gasteiger partial charge is 0.493 e. The van der Waals surface area contributed by atoms with Gasteiger partial charge in [0.2, 0.25) is 0 Å². The van der Waals surface area contributed by atoms with Crippen molar-refractivity contribution >= 4 is 11.6 Å². The van der Waals surface area contributed by atoms with Gasteiger partial charge in [0.1, 0.15) is 0 Å². The first kappa shape index (κ1) is 15.1. The van der Waals surface area contributed by atoms with Gasteiger partial charge in [-0.2, -0.15) is 0 Å². The number of nitrogens with two attached hydrogens (primary N) is 1. The van der Waals surface area contributed by atoms with E-state index in [1.165, 1.54) is 0 Å². The maximum Gasteiger partial charge on any atom is 0.179 e. The van der Waals surface area contributed by atoms with E-state index in [-0.39, 0.29) is 6.04 Å². The van der Waals surface area contributed by atoms with E-state index in [0.29, 0.717) is 22.4 Å². The summed E-state index contributed by atoms with van der Waals surface area (Å²) in [4.78, 5) is 0. The lowest BCUT2D eigenvalue weighted by Crippen LogP contribution is -2.14. The summed E-state index contributed by atoms with van der Waals surface area (Å²) >= 11 is 6.17. The second-order valence-corrected chi connectivity index (χ2v) is 5.00. The third kappa shape index (κ3) is 3.53. The Kier molecular flexibility index (Phi) is 5.76. The molecule has 0 saturated heterocycles. The van der Waals surface area contributed by atoms with Gasteiger partial charge >= 0.3 is 0 Å². The maximum absolute atomic E-state index is 6.20. The summed E-state index contributed by atoms with van der Waals surface area (Å²) in [6.07, 6.45) is 2.05. The van der Waals surface area contributed by atoms with Crippen molar-refractivity contribution in [3.05, 3.63) is 22.7 Å². The normalized spacial score (nSPS) is 14.1. The van der Waals surface area contributed by atoms with Crippen LogP contribution in [0.15, 0.2) is 12.1 Å². The summed E-state index contributed by atoms with van der Waals surface area (Å²) in [5, 5.41) is 0.534. The van der Waals surface area contributed by atoms with Crippen LogP contribution in [0.1, 0.15) is 38.3 Å². The maximum atomic E-state index is 6.20. The van der Waals surface area contributed by atoms with Crippen LogP contribution in [0.4, 0.5) is 0 Å². The summed E-state index contributed by atoms with van der Waals surface area (Å²) in [5.74, 6) is 1.77. The standard InChI is InChI=1S/C14H22ClNO2/c1-5-9(2)6-12(16)10-7-11(15)14(18-4)13(8-10)17-3/h7-9,12H,5-6,16H2,1-4H3. The molecule has 3 nitrogen and oxygen atoms in total. The van der Waals surface area contributed by atoms with Crippen LogP contribution < -0.4 is 15.2 Å². The van der Waals surface area contributed by atoms with Gasteiger partial charge in [0.15, 0.2) is 11.5 Å². The van der Waals surface area contributed by atoms with Gasteiger partial charge in [0.05, 0.1) is 19.2 Å². The van der Waals surface area contributed by atoms with Gasteiger partial charge in [-0.15, -0.1) is 0 Å². The number of methoxy groups -OCH3 is 2. The zero-order valence-electron chi connectivity index (χ0n) is 11.5. The number of halogens is 1. The van der Waals surface area contributed by atoms with Crippen molar-refractivity contribution in [1.82, 2.24) is 0 Å². The Morgan fingerprint density at radius 3 is 2.44 bits per heavy atom. The molecule has 0 radical (unpaired) electrons. The molecule has 0 saturated carbocycles. The first-order valence-electron chi connectivity index (χ1n) is 6.20. The smallest absolute Gasteiger partial charge is 0.179 e. The van der Waals surface area contributed by atoms with Crippen molar-refractivity contribution in [3.8, 4) is 11.5 Å². The first-order chi connectivity index (χ1) is 8.53. The van der Waals surface area contributed by atoms with Crippen LogP contribution in [0.5, 0.6) is 11.5 Å². The minimum Gasteiger partial charge on any atom is -0.493 e. The average molecular weight is 272 g/mol. The molecule has 1 aromatic carbocycles. The molecular weight excluding hydrogens is 250 g/mol. The van der Waals surface area contributed by atoms with Crippen LogP contribution in [0.3, 0.4) is 0 Å². The molecule has 1 rings (SSSR count). The molecule has 0 spiro atoms. The molecule has 0 aliphatic heterocycles. The Hall–Kier alpha value is -0.930. The van der Waals surface area contributed by atoms with Crippen LogP contribution in [0, 0.1) is 5.92 Å². The van der Waals surface area contributed by atoms with Crippen molar-refractivity contribution in [1.29, 1.82) is 0 Å². The van der Waals surface area contributed by atoms with Crippen molar-refractivity contribution in [2.24, 2.45) is 11.7 Å². The van der Waals surface area contributed by atoms with Crippen molar-refractivity contribution in [2.75, 3.05) is 14.2 Å². The highest BCUT2D eigenvalue weighted by atomic mass is 35.5. The van der Waals surface area contributed by atoms with E-state index in [1.54, 1.807) is 14.2 Å². The molecule has 2 N–H and O–H groups in total. The summed E-state index contributed by atoms with van der Waals surface area (Å²) in [6, 6.07) is 3.73. The van der Waals surface area contributed by atoms with E-state index < -0.39 is 0 Å². The van der Waals surface area contributed by atoms with Gasteiger partial charge in [-0.25, -0.2) is 0 Å². The second-order valence-electron chi connectivity index (χ2n) is 4.59. The molecule has 2 unspecified atom stereocenters. The van der Waals surface area contributed by atoms with E-state index >= 15 is 0 Å². The van der Waals surface area contributed by atoms with Gasteiger partial charge in [-0.3, -0.25) is 0 Å². The van der Waals surface area contributed by atoms with E-state index in [4.69, 9.17) is 26.8 Å². The van der Waals surface area contributed by atoms with Gasteiger partial charge in [0.25, 0.3) is 0 Å². The van der Waals surface area contributed by atoms with E-state index in [2.05, 4.69) is 13.8 Å². The molecule has 1 aromatic rings. The Morgan fingerprint density at radius 2 is 1.94 bits per heavy atom. The monoisotopic (exact) mass is 271 g/mol. The number of benzene rings is 1. The molecule has 0 aliphatic rings. The van der Waals surface area contributed by atoms with Crippen molar-refractivity contribution in [3.63, 3.8) is 0 Å². The van der Waals surface area contributed by atoms with E-state index in [0.717, 1.165) is 18.4 Å². The van der Waals surface area contributed by atoms with Crippen LogP contribution >= 0.6 is 11.6 Å². The Morgan fingerprint density at radius 1 is 1.28 bits per heavy atom.